The molecule has 1 aromatic carbocycles. The maximum atomic E-state index is 10.3. The van der Waals surface area contributed by atoms with Crippen molar-refractivity contribution < 1.29 is 9.84 Å². The minimum absolute atomic E-state index is 0.303. The summed E-state index contributed by atoms with van der Waals surface area (Å²) >= 11 is 6.07. The largest absolute Gasteiger partial charge is 0.489 e. The van der Waals surface area contributed by atoms with Crippen LogP contribution in [0.2, 0.25) is 5.02 Å². The molecule has 0 spiro atoms. The first-order chi connectivity index (χ1) is 8.09. The van der Waals surface area contributed by atoms with Crippen LogP contribution in [-0.2, 0) is 0 Å². The van der Waals surface area contributed by atoms with Gasteiger partial charge in [0.05, 0.1) is 5.02 Å². The molecule has 17 heavy (non-hydrogen) atoms. The molecule has 0 bridgehead atoms. The van der Waals surface area contributed by atoms with Gasteiger partial charge in [-0.15, -0.1) is 0 Å². The number of aryl methyl sites for hydroxylation is 1. The third-order valence-corrected chi connectivity index (χ3v) is 3.41. The molecule has 2 N–H and O–H groups in total. The zero-order chi connectivity index (χ0) is 12.3. The molecule has 0 unspecified atom stereocenters. The molecule has 1 heterocycles. The number of aliphatic hydroxyl groups is 1. The summed E-state index contributed by atoms with van der Waals surface area (Å²) in [5.74, 6) is 0.643. The number of benzene rings is 1. The molecule has 1 aromatic rings. The Morgan fingerprint density at radius 3 is 2.76 bits per heavy atom. The van der Waals surface area contributed by atoms with Crippen LogP contribution in [0.25, 0.3) is 0 Å². The highest BCUT2D eigenvalue weighted by molar-refractivity contribution is 6.32. The maximum Gasteiger partial charge on any atom is 0.138 e. The highest BCUT2D eigenvalue weighted by Gasteiger charge is 2.30. The van der Waals surface area contributed by atoms with Crippen LogP contribution >= 0.6 is 11.6 Å². The number of hydrogen-bond donors (Lipinski definition) is 2. The molecule has 0 atom stereocenters. The van der Waals surface area contributed by atoms with Crippen LogP contribution in [0.1, 0.15) is 18.4 Å². The Hall–Kier alpha value is -0.770. The Morgan fingerprint density at radius 2 is 2.12 bits per heavy atom. The molecule has 0 aromatic heterocycles. The van der Waals surface area contributed by atoms with E-state index in [1.807, 2.05) is 25.1 Å². The minimum atomic E-state index is -0.723. The lowest BCUT2D eigenvalue weighted by atomic mass is 9.93. The Bertz CT molecular complexity index is 389. The first-order valence-electron chi connectivity index (χ1n) is 5.91. The van der Waals surface area contributed by atoms with E-state index in [0.29, 0.717) is 17.4 Å². The second kappa shape index (κ2) is 5.25. The smallest absolute Gasteiger partial charge is 0.138 e. The highest BCUT2D eigenvalue weighted by Crippen LogP contribution is 2.27. The van der Waals surface area contributed by atoms with Crippen LogP contribution in [0.15, 0.2) is 18.2 Å². The highest BCUT2D eigenvalue weighted by atomic mass is 35.5. The number of rotatable bonds is 3. The average Bonchev–Trinajstić information content (AvgIpc) is 2.29. The average molecular weight is 256 g/mol. The molecule has 0 radical (unpaired) electrons. The fourth-order valence-electron chi connectivity index (χ4n) is 1.97. The standard InChI is InChI=1S/C13H18ClNO2/c1-10-2-3-12(11(14)8-10)17-9-13(16)4-6-15-7-5-13/h2-3,8,15-16H,4-7,9H2,1H3. The van der Waals surface area contributed by atoms with E-state index < -0.39 is 5.60 Å². The molecule has 1 saturated heterocycles. The summed E-state index contributed by atoms with van der Waals surface area (Å²) in [5, 5.41) is 14.1. The van der Waals surface area contributed by atoms with Crippen molar-refractivity contribution in [2.75, 3.05) is 19.7 Å². The number of hydrogen-bond acceptors (Lipinski definition) is 3. The summed E-state index contributed by atoms with van der Waals surface area (Å²) in [7, 11) is 0. The van der Waals surface area contributed by atoms with Gasteiger partial charge < -0.3 is 15.2 Å². The summed E-state index contributed by atoms with van der Waals surface area (Å²) < 4.78 is 5.62. The molecule has 0 saturated carbocycles. The van der Waals surface area contributed by atoms with Gasteiger partial charge in [-0.3, -0.25) is 0 Å². The van der Waals surface area contributed by atoms with Gasteiger partial charge in [0, 0.05) is 0 Å². The quantitative estimate of drug-likeness (QED) is 0.870. The number of piperidine rings is 1. The van der Waals surface area contributed by atoms with E-state index in [0.717, 1.165) is 31.5 Å². The second-order valence-corrected chi connectivity index (χ2v) is 5.10. The number of nitrogens with one attached hydrogen (secondary N) is 1. The molecule has 0 aliphatic carbocycles. The molecular formula is C13H18ClNO2. The van der Waals surface area contributed by atoms with Crippen LogP contribution in [0, 0.1) is 6.92 Å². The van der Waals surface area contributed by atoms with Gasteiger partial charge in [-0.1, -0.05) is 17.7 Å². The van der Waals surface area contributed by atoms with Crippen molar-refractivity contribution >= 4 is 11.6 Å². The van der Waals surface area contributed by atoms with E-state index in [1.54, 1.807) is 0 Å². The fourth-order valence-corrected chi connectivity index (χ4v) is 2.26. The predicted molar refractivity (Wildman–Crippen MR) is 68.7 cm³/mol. The zero-order valence-corrected chi connectivity index (χ0v) is 10.8. The monoisotopic (exact) mass is 255 g/mol. The zero-order valence-electron chi connectivity index (χ0n) is 10.0. The van der Waals surface area contributed by atoms with Crippen molar-refractivity contribution in [3.63, 3.8) is 0 Å². The van der Waals surface area contributed by atoms with Gasteiger partial charge in [0.25, 0.3) is 0 Å². The molecule has 1 aliphatic heterocycles. The molecule has 1 aliphatic rings. The van der Waals surface area contributed by atoms with Crippen molar-refractivity contribution in [2.45, 2.75) is 25.4 Å². The van der Waals surface area contributed by atoms with Crippen molar-refractivity contribution in [3.05, 3.63) is 28.8 Å². The van der Waals surface area contributed by atoms with Gasteiger partial charge in [0.15, 0.2) is 0 Å². The first-order valence-corrected chi connectivity index (χ1v) is 6.29. The van der Waals surface area contributed by atoms with E-state index in [9.17, 15) is 5.11 Å². The Kier molecular flexibility index (Phi) is 3.92. The molecule has 0 amide bonds. The van der Waals surface area contributed by atoms with Crippen LogP contribution in [-0.4, -0.2) is 30.4 Å². The Labute approximate surface area is 107 Å². The summed E-state index contributed by atoms with van der Waals surface area (Å²) in [4.78, 5) is 0. The van der Waals surface area contributed by atoms with Crippen molar-refractivity contribution in [1.82, 2.24) is 5.32 Å². The van der Waals surface area contributed by atoms with Gasteiger partial charge in [0.2, 0.25) is 0 Å². The molecule has 4 heteroatoms. The van der Waals surface area contributed by atoms with Crippen LogP contribution in [0.4, 0.5) is 0 Å². The third kappa shape index (κ3) is 3.35. The molecule has 94 valence electrons. The van der Waals surface area contributed by atoms with Gasteiger partial charge in [-0.05, 0) is 50.6 Å². The molecule has 3 nitrogen and oxygen atoms in total. The lowest BCUT2D eigenvalue weighted by Gasteiger charge is -2.32. The second-order valence-electron chi connectivity index (χ2n) is 4.70. The predicted octanol–water partition coefficient (Wildman–Crippen LogP) is 2.14. The van der Waals surface area contributed by atoms with E-state index >= 15 is 0 Å². The maximum absolute atomic E-state index is 10.3. The Morgan fingerprint density at radius 1 is 1.41 bits per heavy atom. The number of ether oxygens (including phenoxy) is 1. The summed E-state index contributed by atoms with van der Waals surface area (Å²) in [6, 6.07) is 5.67. The number of halogens is 1. The van der Waals surface area contributed by atoms with Crippen LogP contribution < -0.4 is 10.1 Å². The topological polar surface area (TPSA) is 41.5 Å². The fraction of sp³-hybridized carbons (Fsp3) is 0.538. The van der Waals surface area contributed by atoms with Gasteiger partial charge in [-0.25, -0.2) is 0 Å². The molecule has 2 rings (SSSR count). The van der Waals surface area contributed by atoms with Crippen molar-refractivity contribution in [2.24, 2.45) is 0 Å². The molecule has 1 fully saturated rings. The van der Waals surface area contributed by atoms with Crippen molar-refractivity contribution in [3.8, 4) is 5.75 Å². The van der Waals surface area contributed by atoms with E-state index in [-0.39, 0.29) is 0 Å². The molecular weight excluding hydrogens is 238 g/mol. The van der Waals surface area contributed by atoms with Gasteiger partial charge >= 0.3 is 0 Å². The SMILES string of the molecule is Cc1ccc(OCC2(O)CCNCC2)c(Cl)c1. The van der Waals surface area contributed by atoms with Crippen LogP contribution in [0.5, 0.6) is 5.75 Å². The van der Waals surface area contributed by atoms with E-state index in [1.165, 1.54) is 0 Å². The Balaban J connectivity index is 1.97. The van der Waals surface area contributed by atoms with Crippen LogP contribution in [0.3, 0.4) is 0 Å². The van der Waals surface area contributed by atoms with Crippen molar-refractivity contribution in [1.29, 1.82) is 0 Å². The first kappa shape index (κ1) is 12.7. The lowest BCUT2D eigenvalue weighted by molar-refractivity contribution is -0.0285. The van der Waals surface area contributed by atoms with E-state index in [2.05, 4.69) is 5.32 Å². The lowest BCUT2D eigenvalue weighted by Crippen LogP contribution is -2.46. The summed E-state index contributed by atoms with van der Waals surface area (Å²) in [6.45, 7) is 3.95. The summed E-state index contributed by atoms with van der Waals surface area (Å²) in [6.07, 6.45) is 1.44. The third-order valence-electron chi connectivity index (χ3n) is 3.12. The minimum Gasteiger partial charge on any atom is -0.489 e. The van der Waals surface area contributed by atoms with Gasteiger partial charge in [-0.2, -0.15) is 0 Å². The summed E-state index contributed by atoms with van der Waals surface area (Å²) in [5.41, 5.74) is 0.377. The normalized spacial score (nSPS) is 19.0. The van der Waals surface area contributed by atoms with E-state index in [4.69, 9.17) is 16.3 Å². The van der Waals surface area contributed by atoms with Gasteiger partial charge in [0.1, 0.15) is 18.0 Å².